The number of alkyl halides is 1. The summed E-state index contributed by atoms with van der Waals surface area (Å²) in [4.78, 5) is 14.5. The van der Waals surface area contributed by atoms with Gasteiger partial charge < -0.3 is 9.64 Å². The van der Waals surface area contributed by atoms with Crippen molar-refractivity contribution in [3.05, 3.63) is 29.8 Å². The van der Waals surface area contributed by atoms with Gasteiger partial charge in [-0.05, 0) is 39.3 Å². The zero-order valence-corrected chi connectivity index (χ0v) is 13.4. The summed E-state index contributed by atoms with van der Waals surface area (Å²) in [6, 6.07) is 7.62. The van der Waals surface area contributed by atoms with Crippen LogP contribution in [0.3, 0.4) is 0 Å². The largest absolute Gasteiger partial charge is 0.493 e. The molecule has 0 aliphatic rings. The molecular weight excluding hydrogens is 306 g/mol. The highest BCUT2D eigenvalue weighted by atomic mass is 79.9. The Morgan fingerprint density at radius 2 is 2.05 bits per heavy atom. The lowest BCUT2D eigenvalue weighted by molar-refractivity contribution is 0.0702. The van der Waals surface area contributed by atoms with Crippen LogP contribution in [0.1, 0.15) is 37.6 Å². The second-order valence-corrected chi connectivity index (χ2v) is 5.36. The Balaban J connectivity index is 2.95. The Kier molecular flexibility index (Phi) is 6.92. The summed E-state index contributed by atoms with van der Waals surface area (Å²) in [6.07, 6.45) is 0.945. The highest BCUT2D eigenvalue weighted by Gasteiger charge is 2.21. The van der Waals surface area contributed by atoms with Crippen molar-refractivity contribution in [2.24, 2.45) is 0 Å². The van der Waals surface area contributed by atoms with Crippen molar-refractivity contribution in [3.63, 3.8) is 0 Å². The van der Waals surface area contributed by atoms with Gasteiger partial charge in [-0.1, -0.05) is 28.1 Å². The molecule has 1 amide bonds. The molecular formula is C15H22BrNO2. The SMILES string of the molecule is CCOc1ccccc1C(=O)N(CCCBr)C(C)C. The van der Waals surface area contributed by atoms with E-state index in [1.165, 1.54) is 0 Å². The third-order valence-electron chi connectivity index (χ3n) is 2.83. The van der Waals surface area contributed by atoms with E-state index in [2.05, 4.69) is 15.9 Å². The molecule has 0 saturated heterocycles. The van der Waals surface area contributed by atoms with E-state index in [-0.39, 0.29) is 11.9 Å². The van der Waals surface area contributed by atoms with Crippen LogP contribution < -0.4 is 4.74 Å². The molecule has 0 aromatic heterocycles. The fourth-order valence-corrected chi connectivity index (χ4v) is 2.15. The number of benzene rings is 1. The Morgan fingerprint density at radius 1 is 1.37 bits per heavy atom. The summed E-state index contributed by atoms with van der Waals surface area (Å²) in [5, 5.41) is 0.899. The molecule has 0 aliphatic heterocycles. The van der Waals surface area contributed by atoms with Crippen LogP contribution in [0.25, 0.3) is 0 Å². The fraction of sp³-hybridized carbons (Fsp3) is 0.533. The summed E-state index contributed by atoms with van der Waals surface area (Å²) in [6.45, 7) is 7.31. The summed E-state index contributed by atoms with van der Waals surface area (Å²) < 4.78 is 5.54. The van der Waals surface area contributed by atoms with Crippen LogP contribution in [0, 0.1) is 0 Å². The smallest absolute Gasteiger partial charge is 0.257 e. The number of nitrogens with zero attached hydrogens (tertiary/aromatic N) is 1. The number of para-hydroxylation sites is 1. The summed E-state index contributed by atoms with van der Waals surface area (Å²) in [5.74, 6) is 0.708. The van der Waals surface area contributed by atoms with E-state index in [4.69, 9.17) is 4.74 Å². The van der Waals surface area contributed by atoms with Crippen molar-refractivity contribution in [1.82, 2.24) is 4.90 Å². The highest BCUT2D eigenvalue weighted by Crippen LogP contribution is 2.21. The zero-order valence-electron chi connectivity index (χ0n) is 11.9. The zero-order chi connectivity index (χ0) is 14.3. The summed E-state index contributed by atoms with van der Waals surface area (Å²) in [7, 11) is 0. The Bertz CT molecular complexity index is 407. The van der Waals surface area contributed by atoms with Crippen molar-refractivity contribution < 1.29 is 9.53 Å². The number of hydrogen-bond acceptors (Lipinski definition) is 2. The van der Waals surface area contributed by atoms with Gasteiger partial charge in [0.1, 0.15) is 5.75 Å². The van der Waals surface area contributed by atoms with Crippen LogP contribution in [-0.2, 0) is 0 Å². The molecule has 0 unspecified atom stereocenters. The molecule has 4 heteroatoms. The quantitative estimate of drug-likeness (QED) is 0.714. The number of carbonyl (C=O) groups excluding carboxylic acids is 1. The minimum Gasteiger partial charge on any atom is -0.493 e. The Morgan fingerprint density at radius 3 is 2.63 bits per heavy atom. The Hall–Kier alpha value is -1.03. The van der Waals surface area contributed by atoms with E-state index in [0.29, 0.717) is 17.9 Å². The number of carbonyl (C=O) groups is 1. The second-order valence-electron chi connectivity index (χ2n) is 4.56. The minimum atomic E-state index is 0.0417. The van der Waals surface area contributed by atoms with E-state index in [9.17, 15) is 4.79 Å². The minimum absolute atomic E-state index is 0.0417. The molecule has 1 aromatic rings. The van der Waals surface area contributed by atoms with E-state index >= 15 is 0 Å². The van der Waals surface area contributed by atoms with Crippen LogP contribution in [0.4, 0.5) is 0 Å². The van der Waals surface area contributed by atoms with E-state index in [1.807, 2.05) is 49.9 Å². The second kappa shape index (κ2) is 8.20. The molecule has 0 spiro atoms. The molecule has 0 saturated carbocycles. The van der Waals surface area contributed by atoms with Crippen molar-refractivity contribution >= 4 is 21.8 Å². The monoisotopic (exact) mass is 327 g/mol. The molecule has 0 fully saturated rings. The van der Waals surface area contributed by atoms with Crippen molar-refractivity contribution in [2.75, 3.05) is 18.5 Å². The first-order chi connectivity index (χ1) is 9.11. The first-order valence-corrected chi connectivity index (χ1v) is 7.82. The first-order valence-electron chi connectivity index (χ1n) is 6.70. The van der Waals surface area contributed by atoms with Gasteiger partial charge in [0.2, 0.25) is 0 Å². The average molecular weight is 328 g/mol. The van der Waals surface area contributed by atoms with Gasteiger partial charge >= 0.3 is 0 Å². The normalized spacial score (nSPS) is 10.6. The van der Waals surface area contributed by atoms with Gasteiger partial charge in [0.25, 0.3) is 5.91 Å². The topological polar surface area (TPSA) is 29.5 Å². The van der Waals surface area contributed by atoms with Crippen molar-refractivity contribution in [3.8, 4) is 5.75 Å². The third kappa shape index (κ3) is 4.53. The lowest BCUT2D eigenvalue weighted by Gasteiger charge is -2.27. The van der Waals surface area contributed by atoms with Gasteiger partial charge in [-0.3, -0.25) is 4.79 Å². The molecule has 0 aliphatic carbocycles. The molecule has 0 N–H and O–H groups in total. The molecule has 106 valence electrons. The third-order valence-corrected chi connectivity index (χ3v) is 3.39. The molecule has 19 heavy (non-hydrogen) atoms. The molecule has 0 heterocycles. The maximum Gasteiger partial charge on any atom is 0.257 e. The maximum atomic E-state index is 12.6. The molecule has 0 atom stereocenters. The molecule has 0 bridgehead atoms. The number of amides is 1. The maximum absolute atomic E-state index is 12.6. The molecule has 1 rings (SSSR count). The summed E-state index contributed by atoms with van der Waals surface area (Å²) >= 11 is 3.41. The van der Waals surface area contributed by atoms with Gasteiger partial charge in [-0.2, -0.15) is 0 Å². The van der Waals surface area contributed by atoms with E-state index in [0.717, 1.165) is 18.3 Å². The van der Waals surface area contributed by atoms with E-state index < -0.39 is 0 Å². The molecule has 0 radical (unpaired) electrons. The number of rotatable bonds is 7. The van der Waals surface area contributed by atoms with Gasteiger partial charge in [0.15, 0.2) is 0 Å². The lowest BCUT2D eigenvalue weighted by Crippen LogP contribution is -2.38. The Labute approximate surface area is 124 Å². The lowest BCUT2D eigenvalue weighted by atomic mass is 10.1. The molecule has 1 aromatic carbocycles. The van der Waals surface area contributed by atoms with Crippen molar-refractivity contribution in [2.45, 2.75) is 33.2 Å². The number of hydrogen-bond donors (Lipinski definition) is 0. The average Bonchev–Trinajstić information content (AvgIpc) is 2.39. The van der Waals surface area contributed by atoms with Crippen LogP contribution in [0.15, 0.2) is 24.3 Å². The van der Waals surface area contributed by atoms with Gasteiger partial charge in [0.05, 0.1) is 12.2 Å². The highest BCUT2D eigenvalue weighted by molar-refractivity contribution is 9.09. The first kappa shape index (κ1) is 16.0. The summed E-state index contributed by atoms with van der Waals surface area (Å²) in [5.41, 5.74) is 0.646. The standard InChI is InChI=1S/C15H22BrNO2/c1-4-19-14-9-6-5-8-13(14)15(18)17(12(2)3)11-7-10-16/h5-6,8-9,12H,4,7,10-11H2,1-3H3. The van der Waals surface area contributed by atoms with Crippen LogP contribution >= 0.6 is 15.9 Å². The van der Waals surface area contributed by atoms with Gasteiger partial charge in [0, 0.05) is 17.9 Å². The van der Waals surface area contributed by atoms with E-state index in [1.54, 1.807) is 0 Å². The van der Waals surface area contributed by atoms with Crippen molar-refractivity contribution in [1.29, 1.82) is 0 Å². The van der Waals surface area contributed by atoms with Gasteiger partial charge in [-0.25, -0.2) is 0 Å². The fourth-order valence-electron chi connectivity index (χ4n) is 1.90. The number of ether oxygens (including phenoxy) is 1. The molecule has 3 nitrogen and oxygen atoms in total. The number of halogens is 1. The van der Waals surface area contributed by atoms with Crippen LogP contribution in [-0.4, -0.2) is 35.3 Å². The van der Waals surface area contributed by atoms with Gasteiger partial charge in [-0.15, -0.1) is 0 Å². The van der Waals surface area contributed by atoms with Crippen LogP contribution in [0.5, 0.6) is 5.75 Å². The predicted octanol–water partition coefficient (Wildman–Crippen LogP) is 3.72. The van der Waals surface area contributed by atoms with Crippen LogP contribution in [0.2, 0.25) is 0 Å². The predicted molar refractivity (Wildman–Crippen MR) is 82.2 cm³/mol.